The third-order valence-corrected chi connectivity index (χ3v) is 8.83. The normalized spacial score (nSPS) is 20.4. The van der Waals surface area contributed by atoms with E-state index < -0.39 is 21.2 Å². The van der Waals surface area contributed by atoms with Crippen LogP contribution in [0.4, 0.5) is 11.4 Å². The number of sulfonamides is 1. The summed E-state index contributed by atoms with van der Waals surface area (Å²) in [4.78, 5) is 24.9. The topological polar surface area (TPSA) is 136 Å². The van der Waals surface area contributed by atoms with Gasteiger partial charge in [-0.1, -0.05) is 17.7 Å². The molecule has 1 aromatic heterocycles. The maximum Gasteiger partial charge on any atom is 0.255 e. The van der Waals surface area contributed by atoms with E-state index in [1.807, 2.05) is 6.07 Å². The van der Waals surface area contributed by atoms with E-state index in [1.165, 1.54) is 52.8 Å². The Morgan fingerprint density at radius 2 is 1.83 bits per heavy atom. The number of anilines is 1. The fraction of sp³-hybridized carbons (Fsp3) is 0.250. The standard InChI is InChI=1S/C24H23ClN4O6S/c25-20-9-4-16(11-22(20)29(32)33)24(31)26-18-5-7-19(8-6-18)36(34,35)27-12-15-10-17(14-27)21-2-1-3-23(30)28(21)13-15/h1-9,11,15,17,29,32H,10,12-14H2,(H,26,31)/t15-,17-/m0/s1. The number of pyridine rings is 1. The summed E-state index contributed by atoms with van der Waals surface area (Å²) in [6.45, 7) is 1.13. The van der Waals surface area contributed by atoms with Crippen LogP contribution in [0.2, 0.25) is 5.02 Å². The van der Waals surface area contributed by atoms with Crippen LogP contribution in [0.3, 0.4) is 0 Å². The van der Waals surface area contributed by atoms with Gasteiger partial charge in [-0.05, 0) is 54.8 Å². The lowest BCUT2D eigenvalue weighted by atomic mass is 9.84. The third-order valence-electron chi connectivity index (χ3n) is 6.66. The fourth-order valence-electron chi connectivity index (χ4n) is 4.94. The Morgan fingerprint density at radius 3 is 2.56 bits per heavy atom. The van der Waals surface area contributed by atoms with Crippen molar-refractivity contribution in [2.75, 3.05) is 18.4 Å². The van der Waals surface area contributed by atoms with Gasteiger partial charge in [0.15, 0.2) is 5.69 Å². The summed E-state index contributed by atoms with van der Waals surface area (Å²) < 4.78 is 30.0. The second kappa shape index (κ2) is 9.43. The Bertz CT molecular complexity index is 1490. The van der Waals surface area contributed by atoms with Gasteiger partial charge in [-0.2, -0.15) is 9.53 Å². The Morgan fingerprint density at radius 1 is 1.08 bits per heavy atom. The quantitative estimate of drug-likeness (QED) is 0.431. The van der Waals surface area contributed by atoms with Crippen molar-refractivity contribution in [3.8, 4) is 0 Å². The highest BCUT2D eigenvalue weighted by Crippen LogP contribution is 2.37. The smallest absolute Gasteiger partial charge is 0.255 e. The summed E-state index contributed by atoms with van der Waals surface area (Å²) >= 11 is 5.85. The first-order valence-corrected chi connectivity index (χ1v) is 13.1. The maximum atomic E-state index is 13.4. The van der Waals surface area contributed by atoms with Crippen molar-refractivity contribution in [1.29, 1.82) is 0 Å². The number of piperidine rings is 1. The van der Waals surface area contributed by atoms with Gasteiger partial charge in [0, 0.05) is 54.6 Å². The zero-order chi connectivity index (χ0) is 25.6. The number of benzene rings is 2. The molecule has 1 fully saturated rings. The first-order chi connectivity index (χ1) is 17.1. The van der Waals surface area contributed by atoms with E-state index in [0.29, 0.717) is 25.3 Å². The average Bonchev–Trinajstić information content (AvgIpc) is 2.85. The minimum atomic E-state index is -3.78. The second-order valence-corrected chi connectivity index (χ2v) is 11.3. The molecule has 0 spiro atoms. The molecule has 3 N–H and O–H groups in total. The van der Waals surface area contributed by atoms with Gasteiger partial charge in [0.2, 0.25) is 10.0 Å². The van der Waals surface area contributed by atoms with Crippen molar-refractivity contribution in [3.63, 3.8) is 0 Å². The zero-order valence-corrected chi connectivity index (χ0v) is 20.5. The van der Waals surface area contributed by atoms with E-state index in [4.69, 9.17) is 11.6 Å². The molecule has 188 valence electrons. The number of hydrogen-bond donors (Lipinski definition) is 3. The summed E-state index contributed by atoms with van der Waals surface area (Å²) in [6, 6.07) is 14.9. The molecule has 1 saturated heterocycles. The number of nitrogens with one attached hydrogen (secondary N) is 2. The highest BCUT2D eigenvalue weighted by molar-refractivity contribution is 7.89. The van der Waals surface area contributed by atoms with Gasteiger partial charge >= 0.3 is 0 Å². The van der Waals surface area contributed by atoms with Crippen LogP contribution in [0, 0.1) is 11.1 Å². The fourth-order valence-corrected chi connectivity index (χ4v) is 6.70. The number of nitrogens with zero attached hydrogens (tertiary/aromatic N) is 2. The first kappa shape index (κ1) is 24.6. The van der Waals surface area contributed by atoms with E-state index in [9.17, 15) is 28.4 Å². The Hall–Kier alpha value is -3.06. The number of quaternary nitrogens is 1. The first-order valence-electron chi connectivity index (χ1n) is 11.3. The van der Waals surface area contributed by atoms with Gasteiger partial charge in [0.05, 0.1) is 4.90 Å². The molecule has 3 heterocycles. The molecule has 0 aliphatic carbocycles. The Kier molecular flexibility index (Phi) is 6.45. The minimum absolute atomic E-state index is 0.0195. The number of aromatic nitrogens is 1. The lowest BCUT2D eigenvalue weighted by molar-refractivity contribution is -0.991. The molecular formula is C24H23ClN4O6S. The minimum Gasteiger partial charge on any atom is -0.595 e. The molecule has 1 amide bonds. The van der Waals surface area contributed by atoms with Crippen molar-refractivity contribution in [2.24, 2.45) is 5.92 Å². The molecule has 0 saturated carbocycles. The van der Waals surface area contributed by atoms with Crippen LogP contribution in [0.5, 0.6) is 0 Å². The molecular weight excluding hydrogens is 508 g/mol. The third kappa shape index (κ3) is 4.57. The van der Waals surface area contributed by atoms with Crippen LogP contribution in [0.1, 0.15) is 28.4 Å². The molecule has 1 unspecified atom stereocenters. The van der Waals surface area contributed by atoms with E-state index in [2.05, 4.69) is 5.32 Å². The molecule has 5 rings (SSSR count). The molecule has 36 heavy (non-hydrogen) atoms. The van der Waals surface area contributed by atoms with Crippen LogP contribution >= 0.6 is 11.6 Å². The van der Waals surface area contributed by atoms with Crippen LogP contribution < -0.4 is 16.1 Å². The number of amides is 1. The average molecular weight is 531 g/mol. The second-order valence-electron chi connectivity index (χ2n) is 9.00. The summed E-state index contributed by atoms with van der Waals surface area (Å²) in [5, 5.41) is 21.9. The molecule has 3 atom stereocenters. The lowest BCUT2D eigenvalue weighted by Gasteiger charge is -2.42. The SMILES string of the molecule is O=C(Nc1ccc(S(=O)(=O)N2C[C@@H]3C[C@@H](C2)c2cccc(=O)n2C3)cc1)c1ccc(Cl)c([NH+]([O-])O)c1. The summed E-state index contributed by atoms with van der Waals surface area (Å²) in [5.74, 6) is -0.544. The number of fused-ring (bicyclic) bond motifs is 4. The van der Waals surface area contributed by atoms with Crippen LogP contribution in [-0.4, -0.2) is 41.5 Å². The number of carbonyl (C=O) groups excluding carboxylic acids is 1. The largest absolute Gasteiger partial charge is 0.595 e. The summed E-state index contributed by atoms with van der Waals surface area (Å²) in [7, 11) is -3.78. The number of halogens is 1. The number of hydrogen-bond acceptors (Lipinski definition) is 6. The molecule has 3 aromatic rings. The van der Waals surface area contributed by atoms with Gasteiger partial charge in [0.25, 0.3) is 11.5 Å². The monoisotopic (exact) mass is 530 g/mol. The van der Waals surface area contributed by atoms with Crippen molar-refractivity contribution in [1.82, 2.24) is 8.87 Å². The van der Waals surface area contributed by atoms with Crippen molar-refractivity contribution in [2.45, 2.75) is 23.8 Å². The van der Waals surface area contributed by atoms with Crippen molar-refractivity contribution >= 4 is 38.9 Å². The molecule has 0 radical (unpaired) electrons. The van der Waals surface area contributed by atoms with Gasteiger partial charge < -0.3 is 15.1 Å². The van der Waals surface area contributed by atoms with Gasteiger partial charge in [-0.15, -0.1) is 0 Å². The Balaban J connectivity index is 1.32. The van der Waals surface area contributed by atoms with Crippen LogP contribution in [0.15, 0.2) is 70.4 Å². The van der Waals surface area contributed by atoms with Crippen molar-refractivity contribution < 1.29 is 23.6 Å². The van der Waals surface area contributed by atoms with Crippen LogP contribution in [-0.2, 0) is 16.6 Å². The van der Waals surface area contributed by atoms with E-state index >= 15 is 0 Å². The van der Waals surface area contributed by atoms with Gasteiger partial charge in [-0.25, -0.2) is 13.6 Å². The molecule has 2 aliphatic heterocycles. The number of rotatable bonds is 5. The van der Waals surface area contributed by atoms with E-state index in [0.717, 1.165) is 12.1 Å². The molecule has 2 aliphatic rings. The summed E-state index contributed by atoms with van der Waals surface area (Å²) in [5.41, 5.74) is 1.07. The Labute approximate surface area is 211 Å². The van der Waals surface area contributed by atoms with E-state index in [-0.39, 0.29) is 38.6 Å². The lowest BCUT2D eigenvalue weighted by Crippen LogP contribution is -2.99. The molecule has 12 heteroatoms. The highest BCUT2D eigenvalue weighted by Gasteiger charge is 2.39. The van der Waals surface area contributed by atoms with Gasteiger partial charge in [0.1, 0.15) is 5.02 Å². The predicted octanol–water partition coefficient (Wildman–Crippen LogP) is 1.97. The van der Waals surface area contributed by atoms with E-state index in [1.54, 1.807) is 10.6 Å². The highest BCUT2D eigenvalue weighted by atomic mass is 35.5. The molecule has 10 nitrogen and oxygen atoms in total. The zero-order valence-electron chi connectivity index (χ0n) is 18.9. The maximum absolute atomic E-state index is 13.4. The number of carbonyl (C=O) groups is 1. The van der Waals surface area contributed by atoms with Gasteiger partial charge in [-0.3, -0.25) is 9.59 Å². The molecule has 2 aromatic carbocycles. The van der Waals surface area contributed by atoms with Crippen molar-refractivity contribution in [3.05, 3.63) is 92.5 Å². The molecule has 2 bridgehead atoms. The van der Waals surface area contributed by atoms with Crippen LogP contribution in [0.25, 0.3) is 0 Å². The summed E-state index contributed by atoms with van der Waals surface area (Å²) in [6.07, 6.45) is 0.842. The predicted molar refractivity (Wildman–Crippen MR) is 132 cm³/mol.